The molecule has 6 rings (SSSR count). The molecule has 298 valence electrons. The number of primary amides is 1. The number of rotatable bonds is 15. The van der Waals surface area contributed by atoms with E-state index in [9.17, 15) is 19.2 Å². The molecule has 2 saturated heterocycles. The summed E-state index contributed by atoms with van der Waals surface area (Å²) in [6.07, 6.45) is 14.2. The van der Waals surface area contributed by atoms with Crippen molar-refractivity contribution < 1.29 is 28.7 Å². The van der Waals surface area contributed by atoms with Gasteiger partial charge in [-0.15, -0.1) is 0 Å². The molecule has 2 N–H and O–H groups in total. The summed E-state index contributed by atoms with van der Waals surface area (Å²) in [5.41, 5.74) is 4.76. The van der Waals surface area contributed by atoms with Gasteiger partial charge in [-0.05, 0) is 73.5 Å². The second-order valence-electron chi connectivity index (χ2n) is 20.8. The van der Waals surface area contributed by atoms with Crippen LogP contribution in [0.25, 0.3) is 0 Å². The van der Waals surface area contributed by atoms with Crippen molar-refractivity contribution in [3.05, 3.63) is 0 Å². The summed E-state index contributed by atoms with van der Waals surface area (Å²) in [6.45, 7) is 18.9. The first-order chi connectivity index (χ1) is 24.8. The average molecular weight is 738 g/mol. The Morgan fingerprint density at radius 1 is 0.830 bits per heavy atom. The van der Waals surface area contributed by atoms with Gasteiger partial charge in [0.1, 0.15) is 5.78 Å². The second-order valence-corrected chi connectivity index (χ2v) is 20.8. The Balaban J connectivity index is 1.22. The highest BCUT2D eigenvalue weighted by atomic mass is 16.5. The van der Waals surface area contributed by atoms with E-state index >= 15 is 4.79 Å². The highest BCUT2D eigenvalue weighted by Gasteiger charge is 2.85. The molecule has 6 aliphatic rings. The van der Waals surface area contributed by atoms with E-state index in [-0.39, 0.29) is 58.1 Å². The van der Waals surface area contributed by atoms with Gasteiger partial charge in [0, 0.05) is 62.7 Å². The Morgan fingerprint density at radius 3 is 2.04 bits per heavy atom. The van der Waals surface area contributed by atoms with Crippen molar-refractivity contribution in [1.82, 2.24) is 9.80 Å². The molecule has 0 bridgehead atoms. The van der Waals surface area contributed by atoms with Crippen LogP contribution in [-0.2, 0) is 28.7 Å². The molecule has 2 amide bonds. The van der Waals surface area contributed by atoms with Crippen LogP contribution >= 0.6 is 0 Å². The van der Waals surface area contributed by atoms with Crippen molar-refractivity contribution >= 4 is 29.2 Å². The van der Waals surface area contributed by atoms with Gasteiger partial charge in [0.15, 0.2) is 5.78 Å². The fourth-order valence-corrected chi connectivity index (χ4v) is 12.3. The summed E-state index contributed by atoms with van der Waals surface area (Å²) in [5, 5.41) is 0. The smallest absolute Gasteiger partial charge is 0.285 e. The lowest BCUT2D eigenvalue weighted by Crippen LogP contribution is -2.50. The Morgan fingerprint density at radius 2 is 1.51 bits per heavy atom. The van der Waals surface area contributed by atoms with Crippen molar-refractivity contribution in [2.45, 2.75) is 163 Å². The van der Waals surface area contributed by atoms with Gasteiger partial charge in [0.05, 0.1) is 18.2 Å². The fraction of sp³-hybridized carbons (Fsp3) is 0.886. The van der Waals surface area contributed by atoms with E-state index < -0.39 is 35.0 Å². The third-order valence-corrected chi connectivity index (χ3v) is 15.9. The lowest BCUT2D eigenvalue weighted by atomic mass is 9.73. The van der Waals surface area contributed by atoms with Gasteiger partial charge < -0.3 is 15.4 Å². The van der Waals surface area contributed by atoms with Crippen LogP contribution in [0, 0.1) is 51.2 Å². The molecule has 2 heterocycles. The van der Waals surface area contributed by atoms with Crippen molar-refractivity contribution in [2.24, 2.45) is 57.0 Å². The van der Waals surface area contributed by atoms with E-state index in [1.54, 1.807) is 0 Å². The van der Waals surface area contributed by atoms with Gasteiger partial charge in [-0.25, -0.2) is 0 Å². The van der Waals surface area contributed by atoms with Crippen LogP contribution in [0.5, 0.6) is 0 Å². The van der Waals surface area contributed by atoms with Crippen LogP contribution in [0.3, 0.4) is 0 Å². The van der Waals surface area contributed by atoms with Crippen LogP contribution in [0.2, 0.25) is 0 Å². The molecule has 9 heteroatoms. The van der Waals surface area contributed by atoms with E-state index in [4.69, 9.17) is 10.5 Å². The number of hydrogen-bond donors (Lipinski definition) is 1. The molecular weight excluding hydrogens is 666 g/mol. The molecule has 2 aliphatic heterocycles. The summed E-state index contributed by atoms with van der Waals surface area (Å²) >= 11 is 0. The number of likely N-dealkylation sites (tertiary alicyclic amines) is 1. The SMILES string of the molecule is CC1(C)CN(C[C@@H](CC(=O)C[C@H](C(=O)N2C[C@]3(C[C@H]2C(=O)CC(CC2CCC2)C(=O)C(N)=O)C(C)(C)C32CCC2)C(C)(C)C)C2CCCCC2)CCO1. The predicted molar refractivity (Wildman–Crippen MR) is 206 cm³/mol. The van der Waals surface area contributed by atoms with E-state index in [1.807, 2.05) is 4.90 Å². The van der Waals surface area contributed by atoms with Crippen molar-refractivity contribution in [2.75, 3.05) is 32.8 Å². The molecular formula is C44H71N3O6. The van der Waals surface area contributed by atoms with Crippen molar-refractivity contribution in [3.63, 3.8) is 0 Å². The number of hydrogen-bond acceptors (Lipinski definition) is 7. The van der Waals surface area contributed by atoms with E-state index in [0.717, 1.165) is 71.0 Å². The highest BCUT2D eigenvalue weighted by molar-refractivity contribution is 6.36. The van der Waals surface area contributed by atoms with Crippen LogP contribution in [-0.4, -0.2) is 83.4 Å². The van der Waals surface area contributed by atoms with Gasteiger partial charge in [-0.2, -0.15) is 0 Å². The predicted octanol–water partition coefficient (Wildman–Crippen LogP) is 6.92. The number of ketones is 3. The topological polar surface area (TPSA) is 127 Å². The minimum Gasteiger partial charge on any atom is -0.373 e. The second kappa shape index (κ2) is 15.1. The van der Waals surface area contributed by atoms with Gasteiger partial charge in [0.25, 0.3) is 5.91 Å². The number of carbonyl (C=O) groups excluding carboxylic acids is 5. The van der Waals surface area contributed by atoms with Crippen LogP contribution in [0.15, 0.2) is 0 Å². The molecule has 4 aliphatic carbocycles. The maximum atomic E-state index is 15.1. The van der Waals surface area contributed by atoms with Crippen molar-refractivity contribution in [3.8, 4) is 0 Å². The lowest BCUT2D eigenvalue weighted by molar-refractivity contribution is -0.147. The van der Waals surface area contributed by atoms with Crippen LogP contribution < -0.4 is 5.73 Å². The minimum atomic E-state index is -0.982. The lowest BCUT2D eigenvalue weighted by Gasteiger charge is -2.41. The standard InChI is InChI=1S/C44H71N3O6/c1-40(2,3)34(24-33(48)22-32(30-15-9-8-10-16-30)26-46-19-20-53-41(4,5)27-46)39(52)47-28-44(42(6,7)43(44)17-12-18-43)25-35(47)36(49)23-31(37(50)38(45)51)21-29-13-11-14-29/h29-32,34-35H,8-28H2,1-7H3,(H2,45,51)/t31?,32-,34-,35+,44-/m1/s1. The largest absolute Gasteiger partial charge is 0.373 e. The summed E-state index contributed by atoms with van der Waals surface area (Å²) < 4.78 is 6.01. The zero-order valence-corrected chi connectivity index (χ0v) is 34.2. The minimum absolute atomic E-state index is 0.00545. The summed E-state index contributed by atoms with van der Waals surface area (Å²) in [4.78, 5) is 73.4. The zero-order valence-electron chi connectivity index (χ0n) is 34.2. The van der Waals surface area contributed by atoms with Crippen LogP contribution in [0.1, 0.15) is 151 Å². The first-order valence-electron chi connectivity index (χ1n) is 21.4. The molecule has 5 atom stereocenters. The number of carbonyl (C=O) groups is 5. The Hall–Kier alpha value is -2.13. The number of ether oxygens (including phenoxy) is 1. The van der Waals surface area contributed by atoms with E-state index in [2.05, 4.69) is 53.4 Å². The van der Waals surface area contributed by atoms with Gasteiger partial charge in [-0.3, -0.25) is 28.9 Å². The zero-order chi connectivity index (χ0) is 38.6. The summed E-state index contributed by atoms with van der Waals surface area (Å²) in [5.74, 6) is -1.94. The number of fused-ring (bicyclic) bond motifs is 1. The molecule has 6 fully saturated rings. The molecule has 0 aromatic heterocycles. The number of nitrogens with two attached hydrogens (primary N) is 1. The molecule has 9 nitrogen and oxygen atoms in total. The molecule has 2 spiro atoms. The Bertz CT molecular complexity index is 1420. The average Bonchev–Trinajstić information content (AvgIpc) is 3.25. The quantitative estimate of drug-likeness (QED) is 0.181. The molecule has 0 aromatic carbocycles. The Kier molecular flexibility index (Phi) is 11.5. The molecule has 0 aromatic rings. The molecule has 4 saturated carbocycles. The number of morpholine rings is 1. The number of amides is 2. The van der Waals surface area contributed by atoms with Crippen molar-refractivity contribution in [1.29, 1.82) is 0 Å². The number of Topliss-reactive ketones (excluding diaryl/α,β-unsaturated/α-hetero) is 3. The van der Waals surface area contributed by atoms with Gasteiger partial charge >= 0.3 is 0 Å². The summed E-state index contributed by atoms with van der Waals surface area (Å²) in [7, 11) is 0. The van der Waals surface area contributed by atoms with Gasteiger partial charge in [-0.1, -0.05) is 92.4 Å². The highest BCUT2D eigenvalue weighted by Crippen LogP contribution is 2.88. The third kappa shape index (κ3) is 7.82. The maximum absolute atomic E-state index is 15.1. The van der Waals surface area contributed by atoms with E-state index in [0.29, 0.717) is 44.2 Å². The van der Waals surface area contributed by atoms with Gasteiger partial charge in [0.2, 0.25) is 11.7 Å². The molecule has 1 unspecified atom stereocenters. The van der Waals surface area contributed by atoms with Crippen LogP contribution in [0.4, 0.5) is 0 Å². The molecule has 0 radical (unpaired) electrons. The fourth-order valence-electron chi connectivity index (χ4n) is 12.3. The first-order valence-corrected chi connectivity index (χ1v) is 21.4. The summed E-state index contributed by atoms with van der Waals surface area (Å²) in [6, 6.07) is -0.661. The molecule has 53 heavy (non-hydrogen) atoms. The number of nitrogens with zero attached hydrogens (tertiary/aromatic N) is 2. The Labute approximate surface area is 319 Å². The third-order valence-electron chi connectivity index (χ3n) is 15.9. The van der Waals surface area contributed by atoms with E-state index in [1.165, 1.54) is 19.3 Å². The monoisotopic (exact) mass is 738 g/mol. The maximum Gasteiger partial charge on any atom is 0.285 e. The first kappa shape index (κ1) is 40.5. The normalized spacial score (nSPS) is 29.9.